The van der Waals surface area contributed by atoms with Crippen LogP contribution in [0.5, 0.6) is 5.75 Å². The second-order valence-electron chi connectivity index (χ2n) is 8.03. The first-order chi connectivity index (χ1) is 12.6. The first-order valence-electron chi connectivity index (χ1n) is 10.3. The van der Waals surface area contributed by atoms with Gasteiger partial charge in [0, 0.05) is 0 Å². The van der Waals surface area contributed by atoms with Gasteiger partial charge < -0.3 is 9.47 Å². The second-order valence-corrected chi connectivity index (χ2v) is 8.03. The van der Waals surface area contributed by atoms with Crippen LogP contribution < -0.4 is 4.74 Å². The van der Waals surface area contributed by atoms with Gasteiger partial charge in [0.25, 0.3) is 0 Å². The summed E-state index contributed by atoms with van der Waals surface area (Å²) in [5.41, 5.74) is 0. The van der Waals surface area contributed by atoms with Crippen LogP contribution in [0.15, 0.2) is 24.3 Å². The third-order valence-corrected chi connectivity index (χ3v) is 6.25. The van der Waals surface area contributed by atoms with Crippen molar-refractivity contribution in [2.75, 3.05) is 0 Å². The van der Waals surface area contributed by atoms with Crippen LogP contribution in [-0.2, 0) is 4.74 Å². The van der Waals surface area contributed by atoms with Gasteiger partial charge in [0.1, 0.15) is 17.7 Å². The van der Waals surface area contributed by atoms with E-state index < -0.39 is 6.16 Å². The lowest BCUT2D eigenvalue weighted by Crippen LogP contribution is -2.30. The van der Waals surface area contributed by atoms with Crippen LogP contribution in [0.1, 0.15) is 71.1 Å². The Hall–Kier alpha value is -1.58. The number of halogens is 1. The Morgan fingerprint density at radius 2 is 1.54 bits per heavy atom. The van der Waals surface area contributed by atoms with Crippen molar-refractivity contribution in [1.82, 2.24) is 0 Å². The van der Waals surface area contributed by atoms with Crippen molar-refractivity contribution in [1.29, 1.82) is 0 Å². The van der Waals surface area contributed by atoms with Gasteiger partial charge in [-0.2, -0.15) is 0 Å². The Morgan fingerprint density at radius 3 is 2.12 bits per heavy atom. The molecule has 4 heteroatoms. The highest BCUT2D eigenvalue weighted by Crippen LogP contribution is 2.41. The third-order valence-electron chi connectivity index (χ3n) is 6.25. The molecular weight excluding hydrogens is 331 g/mol. The SMILES string of the molecule is CCCC1CCC(C2CCC(OC(=O)Oc3ccc(F)cc3)CC2)CC1. The second kappa shape index (κ2) is 9.38. The molecule has 0 saturated heterocycles. The van der Waals surface area contributed by atoms with E-state index >= 15 is 0 Å². The molecule has 0 radical (unpaired) electrons. The van der Waals surface area contributed by atoms with Gasteiger partial charge in [0.2, 0.25) is 0 Å². The van der Waals surface area contributed by atoms with Gasteiger partial charge in [-0.15, -0.1) is 0 Å². The number of hydrogen-bond acceptors (Lipinski definition) is 3. The molecule has 0 unspecified atom stereocenters. The fourth-order valence-corrected chi connectivity index (χ4v) is 4.79. The summed E-state index contributed by atoms with van der Waals surface area (Å²) in [7, 11) is 0. The summed E-state index contributed by atoms with van der Waals surface area (Å²) in [5, 5.41) is 0. The Balaban J connectivity index is 1.37. The zero-order valence-electron chi connectivity index (χ0n) is 15.8. The van der Waals surface area contributed by atoms with Crippen molar-refractivity contribution in [2.24, 2.45) is 17.8 Å². The molecule has 144 valence electrons. The maximum absolute atomic E-state index is 12.9. The summed E-state index contributed by atoms with van der Waals surface area (Å²) >= 11 is 0. The standard InChI is InChI=1S/C22H31FO3/c1-2-3-16-4-6-17(7-5-16)18-8-12-20(13-9-18)25-22(24)26-21-14-10-19(23)11-15-21/h10-11,14-18,20H,2-9,12-13H2,1H3. The molecule has 0 bridgehead atoms. The molecule has 0 aromatic heterocycles. The van der Waals surface area contributed by atoms with Gasteiger partial charge in [0.15, 0.2) is 0 Å². The summed E-state index contributed by atoms with van der Waals surface area (Å²) in [6.45, 7) is 2.29. The summed E-state index contributed by atoms with van der Waals surface area (Å²) in [6, 6.07) is 5.40. The van der Waals surface area contributed by atoms with Crippen LogP contribution in [0.4, 0.5) is 9.18 Å². The molecule has 2 aliphatic rings. The molecule has 0 N–H and O–H groups in total. The number of carbonyl (C=O) groups excluding carboxylic acids is 1. The first-order valence-corrected chi connectivity index (χ1v) is 10.3. The highest BCUT2D eigenvalue weighted by Gasteiger charge is 2.32. The van der Waals surface area contributed by atoms with E-state index in [2.05, 4.69) is 6.92 Å². The summed E-state index contributed by atoms with van der Waals surface area (Å²) < 4.78 is 23.5. The van der Waals surface area contributed by atoms with Gasteiger partial charge in [-0.05, 0) is 80.5 Å². The number of ether oxygens (including phenoxy) is 2. The Morgan fingerprint density at radius 1 is 0.962 bits per heavy atom. The van der Waals surface area contributed by atoms with Gasteiger partial charge in [-0.1, -0.05) is 32.6 Å². The lowest BCUT2D eigenvalue weighted by atomic mass is 9.70. The zero-order valence-corrected chi connectivity index (χ0v) is 15.8. The Bertz CT molecular complexity index is 555. The van der Waals surface area contributed by atoms with E-state index in [4.69, 9.17) is 9.47 Å². The number of benzene rings is 1. The quantitative estimate of drug-likeness (QED) is 0.442. The van der Waals surface area contributed by atoms with Crippen LogP contribution in [0, 0.1) is 23.6 Å². The van der Waals surface area contributed by atoms with Crippen molar-refractivity contribution in [3.63, 3.8) is 0 Å². The fraction of sp³-hybridized carbons (Fsp3) is 0.682. The Labute approximate surface area is 156 Å². The summed E-state index contributed by atoms with van der Waals surface area (Å²) in [5.74, 6) is 2.58. The largest absolute Gasteiger partial charge is 0.514 e. The van der Waals surface area contributed by atoms with E-state index in [1.54, 1.807) is 0 Å². The smallest absolute Gasteiger partial charge is 0.431 e. The van der Waals surface area contributed by atoms with E-state index in [-0.39, 0.29) is 11.9 Å². The predicted octanol–water partition coefficient (Wildman–Crippen LogP) is 6.51. The minimum absolute atomic E-state index is 0.0457. The molecule has 26 heavy (non-hydrogen) atoms. The predicted molar refractivity (Wildman–Crippen MR) is 99.6 cm³/mol. The zero-order chi connectivity index (χ0) is 18.4. The maximum atomic E-state index is 12.9. The fourth-order valence-electron chi connectivity index (χ4n) is 4.79. The Kier molecular flexibility index (Phi) is 6.93. The van der Waals surface area contributed by atoms with Crippen LogP contribution in [-0.4, -0.2) is 12.3 Å². The molecule has 3 rings (SSSR count). The van der Waals surface area contributed by atoms with E-state index in [9.17, 15) is 9.18 Å². The lowest BCUT2D eigenvalue weighted by molar-refractivity contribution is 0.0238. The summed E-state index contributed by atoms with van der Waals surface area (Å²) in [4.78, 5) is 11.9. The third kappa shape index (κ3) is 5.46. The molecule has 0 amide bonds. The molecule has 2 aliphatic carbocycles. The van der Waals surface area contributed by atoms with Crippen LogP contribution in [0.3, 0.4) is 0 Å². The molecule has 0 aliphatic heterocycles. The molecule has 1 aromatic rings. The average molecular weight is 362 g/mol. The number of rotatable bonds is 5. The van der Waals surface area contributed by atoms with Crippen LogP contribution >= 0.6 is 0 Å². The van der Waals surface area contributed by atoms with Gasteiger partial charge in [-0.3, -0.25) is 0 Å². The molecule has 3 nitrogen and oxygen atoms in total. The minimum Gasteiger partial charge on any atom is -0.431 e. The number of carbonyl (C=O) groups is 1. The van der Waals surface area contributed by atoms with E-state index in [1.165, 1.54) is 62.8 Å². The van der Waals surface area contributed by atoms with Crippen molar-refractivity contribution in [2.45, 2.75) is 77.2 Å². The lowest BCUT2D eigenvalue weighted by Gasteiger charge is -2.37. The number of hydrogen-bond donors (Lipinski definition) is 0. The van der Waals surface area contributed by atoms with Gasteiger partial charge >= 0.3 is 6.16 Å². The molecular formula is C22H31FO3. The molecule has 0 spiro atoms. The molecule has 2 saturated carbocycles. The molecule has 2 fully saturated rings. The topological polar surface area (TPSA) is 35.5 Å². The highest BCUT2D eigenvalue weighted by atomic mass is 19.1. The summed E-state index contributed by atoms with van der Waals surface area (Å²) in [6.07, 6.45) is 11.7. The minimum atomic E-state index is -0.680. The van der Waals surface area contributed by atoms with Crippen molar-refractivity contribution in [3.05, 3.63) is 30.1 Å². The van der Waals surface area contributed by atoms with Gasteiger partial charge in [0.05, 0.1) is 0 Å². The maximum Gasteiger partial charge on any atom is 0.514 e. The van der Waals surface area contributed by atoms with Crippen LogP contribution in [0.2, 0.25) is 0 Å². The molecule has 0 atom stereocenters. The average Bonchev–Trinajstić information content (AvgIpc) is 2.65. The monoisotopic (exact) mass is 362 g/mol. The van der Waals surface area contributed by atoms with Crippen LogP contribution in [0.25, 0.3) is 0 Å². The molecule has 1 aromatic carbocycles. The van der Waals surface area contributed by atoms with Crippen molar-refractivity contribution < 1.29 is 18.7 Å². The normalized spacial score (nSPS) is 29.2. The van der Waals surface area contributed by atoms with E-state index in [0.717, 1.165) is 43.4 Å². The first kappa shape index (κ1) is 19.2. The van der Waals surface area contributed by atoms with Crippen molar-refractivity contribution in [3.8, 4) is 5.75 Å². The van der Waals surface area contributed by atoms with Gasteiger partial charge in [-0.25, -0.2) is 9.18 Å². The van der Waals surface area contributed by atoms with E-state index in [0.29, 0.717) is 5.75 Å². The highest BCUT2D eigenvalue weighted by molar-refractivity contribution is 5.63. The molecule has 0 heterocycles. The van der Waals surface area contributed by atoms with E-state index in [1.807, 2.05) is 0 Å². The van der Waals surface area contributed by atoms with Crippen molar-refractivity contribution >= 4 is 6.16 Å².